The van der Waals surface area contributed by atoms with Crippen molar-refractivity contribution in [2.24, 2.45) is 0 Å². The van der Waals surface area contributed by atoms with Gasteiger partial charge in [0.25, 0.3) is 5.91 Å². The van der Waals surface area contributed by atoms with E-state index in [4.69, 9.17) is 4.74 Å². The molecule has 7 nitrogen and oxygen atoms in total. The van der Waals surface area contributed by atoms with E-state index in [0.29, 0.717) is 36.6 Å². The summed E-state index contributed by atoms with van der Waals surface area (Å²) in [6.07, 6.45) is 1.50. The van der Waals surface area contributed by atoms with E-state index in [9.17, 15) is 9.18 Å². The number of H-pyrrole nitrogens is 1. The van der Waals surface area contributed by atoms with Crippen molar-refractivity contribution < 1.29 is 13.9 Å². The van der Waals surface area contributed by atoms with Crippen LogP contribution in [0.3, 0.4) is 0 Å². The van der Waals surface area contributed by atoms with Gasteiger partial charge in [-0.1, -0.05) is 17.3 Å². The molecule has 0 aliphatic carbocycles. The molecule has 25 heavy (non-hydrogen) atoms. The van der Waals surface area contributed by atoms with Crippen LogP contribution in [-0.4, -0.2) is 38.5 Å². The van der Waals surface area contributed by atoms with Gasteiger partial charge in [0.15, 0.2) is 0 Å². The van der Waals surface area contributed by atoms with E-state index in [1.807, 2.05) is 0 Å². The number of aromatic amines is 1. The number of aromatic nitrogens is 4. The van der Waals surface area contributed by atoms with Gasteiger partial charge in [0.05, 0.1) is 24.9 Å². The molecule has 0 radical (unpaired) electrons. The van der Waals surface area contributed by atoms with Crippen LogP contribution in [0, 0.1) is 5.82 Å². The fraction of sp³-hybridized carbons (Fsp3) is 0.235. The van der Waals surface area contributed by atoms with Crippen molar-refractivity contribution in [1.82, 2.24) is 25.3 Å². The largest absolute Gasteiger partial charge is 0.368 e. The number of halogens is 1. The molecule has 1 unspecified atom stereocenters. The number of ether oxygens (including phenoxy) is 1. The lowest BCUT2D eigenvalue weighted by atomic mass is 10.1. The lowest BCUT2D eigenvalue weighted by Crippen LogP contribution is -2.39. The number of amides is 1. The Labute approximate surface area is 142 Å². The van der Waals surface area contributed by atoms with Crippen molar-refractivity contribution in [1.29, 1.82) is 0 Å². The number of nitrogens with one attached hydrogen (secondary N) is 2. The molecule has 1 aromatic carbocycles. The maximum atomic E-state index is 13.4. The van der Waals surface area contributed by atoms with Crippen LogP contribution in [0.4, 0.5) is 4.39 Å². The predicted molar refractivity (Wildman–Crippen MR) is 87.1 cm³/mol. The van der Waals surface area contributed by atoms with Gasteiger partial charge < -0.3 is 15.0 Å². The zero-order valence-corrected chi connectivity index (χ0v) is 13.3. The van der Waals surface area contributed by atoms with Crippen LogP contribution in [0.1, 0.15) is 16.2 Å². The Morgan fingerprint density at radius 3 is 3.12 bits per heavy atom. The van der Waals surface area contributed by atoms with Crippen LogP contribution in [0.15, 0.2) is 42.6 Å². The molecule has 0 saturated heterocycles. The minimum atomic E-state index is -0.319. The van der Waals surface area contributed by atoms with Crippen molar-refractivity contribution in [3.05, 3.63) is 59.8 Å². The van der Waals surface area contributed by atoms with Crippen molar-refractivity contribution in [3.63, 3.8) is 0 Å². The van der Waals surface area contributed by atoms with E-state index < -0.39 is 0 Å². The molecule has 3 heterocycles. The normalized spacial score (nSPS) is 16.4. The third-order valence-corrected chi connectivity index (χ3v) is 4.10. The summed E-state index contributed by atoms with van der Waals surface area (Å²) in [4.78, 5) is 14.8. The lowest BCUT2D eigenvalue weighted by molar-refractivity contribution is 0.00174. The number of carbonyl (C=O) groups excluding carboxylic acids is 1. The first-order valence-corrected chi connectivity index (χ1v) is 7.92. The van der Waals surface area contributed by atoms with Crippen molar-refractivity contribution in [2.45, 2.75) is 19.3 Å². The monoisotopic (exact) mass is 341 g/mol. The standard InChI is InChI=1S/C17H16FN5O2/c18-12-4-1-3-11(7-12)16-15-10-25-13(9-23(15)22-21-16)8-20-17(24)14-5-2-6-19-14/h1-7,13,19H,8-10H2,(H,20,24). The fourth-order valence-electron chi connectivity index (χ4n) is 2.82. The second-order valence-corrected chi connectivity index (χ2v) is 5.80. The summed E-state index contributed by atoms with van der Waals surface area (Å²) in [7, 11) is 0. The maximum Gasteiger partial charge on any atom is 0.267 e. The van der Waals surface area contributed by atoms with Gasteiger partial charge in [0.2, 0.25) is 0 Å². The topological polar surface area (TPSA) is 84.8 Å². The molecule has 3 aromatic rings. The number of nitrogens with zero attached hydrogens (tertiary/aromatic N) is 3. The van der Waals surface area contributed by atoms with Crippen molar-refractivity contribution >= 4 is 5.91 Å². The molecule has 4 rings (SSSR count). The summed E-state index contributed by atoms with van der Waals surface area (Å²) in [5, 5.41) is 11.1. The second kappa shape index (κ2) is 6.48. The minimum Gasteiger partial charge on any atom is -0.368 e. The van der Waals surface area contributed by atoms with Gasteiger partial charge in [-0.05, 0) is 24.3 Å². The summed E-state index contributed by atoms with van der Waals surface area (Å²) < 4.78 is 21.0. The first kappa shape index (κ1) is 15.5. The average molecular weight is 341 g/mol. The fourth-order valence-corrected chi connectivity index (χ4v) is 2.82. The number of carbonyl (C=O) groups is 1. The van der Waals surface area contributed by atoms with Gasteiger partial charge in [-0.25, -0.2) is 9.07 Å². The number of hydrogen-bond acceptors (Lipinski definition) is 4. The Morgan fingerprint density at radius 1 is 1.40 bits per heavy atom. The summed E-state index contributed by atoms with van der Waals surface area (Å²) in [6, 6.07) is 9.71. The summed E-state index contributed by atoms with van der Waals surface area (Å²) in [6.45, 7) is 1.15. The molecule has 8 heteroatoms. The Morgan fingerprint density at radius 2 is 2.32 bits per heavy atom. The third kappa shape index (κ3) is 3.16. The highest BCUT2D eigenvalue weighted by Crippen LogP contribution is 2.25. The molecule has 2 aromatic heterocycles. The summed E-state index contributed by atoms with van der Waals surface area (Å²) >= 11 is 0. The van der Waals surface area contributed by atoms with E-state index in [1.165, 1.54) is 12.1 Å². The molecular formula is C17H16FN5O2. The number of benzene rings is 1. The van der Waals surface area contributed by atoms with E-state index >= 15 is 0 Å². The van der Waals surface area contributed by atoms with Crippen LogP contribution < -0.4 is 5.32 Å². The van der Waals surface area contributed by atoms with Crippen LogP contribution in [0.2, 0.25) is 0 Å². The molecule has 0 saturated carbocycles. The van der Waals surface area contributed by atoms with Crippen molar-refractivity contribution in [3.8, 4) is 11.3 Å². The van der Waals surface area contributed by atoms with Crippen LogP contribution in [-0.2, 0) is 17.9 Å². The zero-order chi connectivity index (χ0) is 17.2. The van der Waals surface area contributed by atoms with E-state index in [2.05, 4.69) is 20.6 Å². The van der Waals surface area contributed by atoms with Crippen LogP contribution in [0.25, 0.3) is 11.3 Å². The highest BCUT2D eigenvalue weighted by Gasteiger charge is 2.25. The Balaban J connectivity index is 1.43. The third-order valence-electron chi connectivity index (χ3n) is 4.10. The molecule has 2 N–H and O–H groups in total. The van der Waals surface area contributed by atoms with Gasteiger partial charge in [0, 0.05) is 18.3 Å². The first-order chi connectivity index (χ1) is 12.2. The second-order valence-electron chi connectivity index (χ2n) is 5.80. The highest BCUT2D eigenvalue weighted by atomic mass is 19.1. The van der Waals surface area contributed by atoms with Gasteiger partial charge in [-0.3, -0.25) is 4.79 Å². The Hall–Kier alpha value is -3.00. The van der Waals surface area contributed by atoms with Gasteiger partial charge in [-0.15, -0.1) is 5.10 Å². The summed E-state index contributed by atoms with van der Waals surface area (Å²) in [5.41, 5.74) is 2.60. The molecule has 0 spiro atoms. The smallest absolute Gasteiger partial charge is 0.267 e. The van der Waals surface area contributed by atoms with E-state index in [-0.39, 0.29) is 17.8 Å². The molecule has 0 bridgehead atoms. The number of rotatable bonds is 4. The molecule has 128 valence electrons. The van der Waals surface area contributed by atoms with E-state index in [0.717, 1.165) is 5.69 Å². The van der Waals surface area contributed by atoms with Crippen LogP contribution in [0.5, 0.6) is 0 Å². The Kier molecular flexibility index (Phi) is 4.02. The SMILES string of the molecule is O=C(NCC1Cn2nnc(-c3cccc(F)c3)c2CO1)c1ccc[nH]1. The van der Waals surface area contributed by atoms with Gasteiger partial charge in [0.1, 0.15) is 17.2 Å². The molecule has 1 atom stereocenters. The minimum absolute atomic E-state index is 0.182. The van der Waals surface area contributed by atoms with E-state index in [1.54, 1.807) is 35.1 Å². The predicted octanol–water partition coefficient (Wildman–Crippen LogP) is 1.74. The molecule has 1 aliphatic heterocycles. The quantitative estimate of drug-likeness (QED) is 0.757. The molecule has 0 fully saturated rings. The zero-order valence-electron chi connectivity index (χ0n) is 13.3. The molecule has 1 aliphatic rings. The van der Waals surface area contributed by atoms with Gasteiger partial charge >= 0.3 is 0 Å². The number of fused-ring (bicyclic) bond motifs is 1. The van der Waals surface area contributed by atoms with Gasteiger partial charge in [-0.2, -0.15) is 0 Å². The number of hydrogen-bond donors (Lipinski definition) is 2. The first-order valence-electron chi connectivity index (χ1n) is 7.92. The maximum absolute atomic E-state index is 13.4. The highest BCUT2D eigenvalue weighted by molar-refractivity contribution is 5.92. The Bertz CT molecular complexity index is 890. The summed E-state index contributed by atoms with van der Waals surface area (Å²) in [5.74, 6) is -0.501. The average Bonchev–Trinajstić information content (AvgIpc) is 3.29. The molecule has 1 amide bonds. The lowest BCUT2D eigenvalue weighted by Gasteiger charge is -2.24. The molecular weight excluding hydrogens is 325 g/mol. The van der Waals surface area contributed by atoms with Crippen molar-refractivity contribution in [2.75, 3.05) is 6.54 Å². The van der Waals surface area contributed by atoms with Crippen LogP contribution >= 0.6 is 0 Å².